The fraction of sp³-hybridized carbons (Fsp3) is 0.294. The summed E-state index contributed by atoms with van der Waals surface area (Å²) < 4.78 is 7.64. The molecule has 2 aromatic heterocycles. The highest BCUT2D eigenvalue weighted by Crippen LogP contribution is 2.34. The molecule has 4 rings (SSSR count). The van der Waals surface area contributed by atoms with Crippen molar-refractivity contribution in [3.05, 3.63) is 53.4 Å². The van der Waals surface area contributed by atoms with Gasteiger partial charge in [-0.05, 0) is 23.8 Å². The minimum absolute atomic E-state index is 0.454. The van der Waals surface area contributed by atoms with Gasteiger partial charge in [0.25, 0.3) is 0 Å². The van der Waals surface area contributed by atoms with Crippen LogP contribution in [0.1, 0.15) is 11.8 Å². The quantitative estimate of drug-likeness (QED) is 0.400. The Hall–Kier alpha value is -2.23. The average molecular weight is 376 g/mol. The van der Waals surface area contributed by atoms with Crippen LogP contribution in [0.3, 0.4) is 0 Å². The first-order valence-corrected chi connectivity index (χ1v) is 8.50. The zero-order valence-corrected chi connectivity index (χ0v) is 14.4. The number of nitrogens with two attached hydrogens (primary N) is 1. The molecular formula is C17H18ClN5O3. The minimum atomic E-state index is -1.09. The van der Waals surface area contributed by atoms with E-state index in [1.807, 2.05) is 12.1 Å². The Balaban J connectivity index is 1.61. The zero-order valence-electron chi connectivity index (χ0n) is 13.7. The average Bonchev–Trinajstić information content (AvgIpc) is 3.20. The highest BCUT2D eigenvalue weighted by molar-refractivity contribution is 6.30. The van der Waals surface area contributed by atoms with Crippen LogP contribution in [0.5, 0.6) is 0 Å². The molecule has 0 bridgehead atoms. The van der Waals surface area contributed by atoms with Crippen molar-refractivity contribution in [3.8, 4) is 0 Å². The highest BCUT2D eigenvalue weighted by atomic mass is 35.5. The monoisotopic (exact) mass is 375 g/mol. The van der Waals surface area contributed by atoms with Crippen molar-refractivity contribution in [2.24, 2.45) is 5.84 Å². The second kappa shape index (κ2) is 6.82. The van der Waals surface area contributed by atoms with Crippen LogP contribution in [0.2, 0.25) is 5.02 Å². The van der Waals surface area contributed by atoms with E-state index in [0.29, 0.717) is 28.3 Å². The summed E-state index contributed by atoms with van der Waals surface area (Å²) in [7, 11) is 0. The molecule has 1 aliphatic rings. The lowest BCUT2D eigenvalue weighted by atomic mass is 10.0. The summed E-state index contributed by atoms with van der Waals surface area (Å²) in [6.07, 6.45) is 0.120. The molecule has 136 valence electrons. The Morgan fingerprint density at radius 3 is 2.65 bits per heavy atom. The van der Waals surface area contributed by atoms with Crippen LogP contribution in [-0.2, 0) is 11.2 Å². The Bertz CT molecular complexity index is 916. The van der Waals surface area contributed by atoms with Crippen molar-refractivity contribution < 1.29 is 14.9 Å². The Labute approximate surface area is 154 Å². The summed E-state index contributed by atoms with van der Waals surface area (Å²) in [6, 6.07) is 9.08. The molecule has 1 aromatic carbocycles. The first-order chi connectivity index (χ1) is 12.6. The first-order valence-electron chi connectivity index (χ1n) is 8.12. The maximum absolute atomic E-state index is 10.5. The molecular weight excluding hydrogens is 358 g/mol. The first kappa shape index (κ1) is 17.2. The van der Waals surface area contributed by atoms with Gasteiger partial charge in [0.05, 0.1) is 11.5 Å². The van der Waals surface area contributed by atoms with Crippen LogP contribution in [0.25, 0.3) is 11.0 Å². The number of ether oxygens (including phenoxy) is 1. The van der Waals surface area contributed by atoms with Crippen molar-refractivity contribution >= 4 is 28.5 Å². The number of hydrazine groups is 1. The number of fused-ring (bicyclic) bond motifs is 1. The summed E-state index contributed by atoms with van der Waals surface area (Å²) in [6.45, 7) is 0. The molecule has 0 unspecified atom stereocenters. The molecule has 0 amide bonds. The number of nitrogens with zero attached hydrogens (tertiary/aromatic N) is 3. The molecule has 8 nitrogen and oxygen atoms in total. The van der Waals surface area contributed by atoms with Crippen LogP contribution in [0, 0.1) is 0 Å². The summed E-state index contributed by atoms with van der Waals surface area (Å²) in [5, 5.41) is 22.3. The topological polar surface area (TPSA) is 118 Å². The number of hydrogen-bond donors (Lipinski definition) is 4. The fourth-order valence-electron chi connectivity index (χ4n) is 3.27. The standard InChI is InChI=1S/C17H18ClN5O3/c18-10-3-1-9(2-4-10)7-12-13(24)14(25)17(26-12)23-6-5-11-15(22-19)20-8-21-16(11)23/h1-6,8,12-14,17,24-25H,7,19H2,(H,20,21,22)/t12-,13-,14-,17-/m1/s1. The molecule has 0 saturated carbocycles. The van der Waals surface area contributed by atoms with Gasteiger partial charge in [-0.25, -0.2) is 15.8 Å². The summed E-state index contributed by atoms with van der Waals surface area (Å²) in [4.78, 5) is 8.29. The lowest BCUT2D eigenvalue weighted by Crippen LogP contribution is -2.32. The van der Waals surface area contributed by atoms with E-state index in [4.69, 9.17) is 22.2 Å². The van der Waals surface area contributed by atoms with Crippen molar-refractivity contribution in [3.63, 3.8) is 0 Å². The number of aliphatic hydroxyl groups excluding tert-OH is 2. The minimum Gasteiger partial charge on any atom is -0.388 e. The van der Waals surface area contributed by atoms with E-state index in [1.54, 1.807) is 29.0 Å². The maximum Gasteiger partial charge on any atom is 0.164 e. The zero-order chi connectivity index (χ0) is 18.3. The normalized spacial score (nSPS) is 25.7. The number of benzene rings is 1. The lowest BCUT2D eigenvalue weighted by molar-refractivity contribution is -0.0341. The van der Waals surface area contributed by atoms with Crippen LogP contribution < -0.4 is 11.3 Å². The van der Waals surface area contributed by atoms with Crippen molar-refractivity contribution in [1.82, 2.24) is 14.5 Å². The number of anilines is 1. The second-order valence-electron chi connectivity index (χ2n) is 6.20. The molecule has 1 fully saturated rings. The van der Waals surface area contributed by atoms with Crippen LogP contribution in [0.15, 0.2) is 42.9 Å². The molecule has 4 atom stereocenters. The number of aliphatic hydroxyl groups is 2. The molecule has 3 heterocycles. The summed E-state index contributed by atoms with van der Waals surface area (Å²) in [5.74, 6) is 5.94. The number of hydrogen-bond acceptors (Lipinski definition) is 7. The Morgan fingerprint density at radius 2 is 1.92 bits per heavy atom. The van der Waals surface area contributed by atoms with Gasteiger partial charge in [-0.15, -0.1) is 0 Å². The second-order valence-corrected chi connectivity index (χ2v) is 6.64. The maximum atomic E-state index is 10.5. The van der Waals surface area contributed by atoms with Crippen molar-refractivity contribution in [2.45, 2.75) is 31.0 Å². The molecule has 9 heteroatoms. The third-order valence-electron chi connectivity index (χ3n) is 4.61. The van der Waals surface area contributed by atoms with E-state index < -0.39 is 24.5 Å². The van der Waals surface area contributed by atoms with E-state index in [-0.39, 0.29) is 0 Å². The van der Waals surface area contributed by atoms with Gasteiger partial charge < -0.3 is 24.9 Å². The van der Waals surface area contributed by atoms with Gasteiger partial charge in [-0.2, -0.15) is 0 Å². The van der Waals surface area contributed by atoms with E-state index >= 15 is 0 Å². The molecule has 0 spiro atoms. The van der Waals surface area contributed by atoms with Gasteiger partial charge in [0, 0.05) is 17.6 Å². The van der Waals surface area contributed by atoms with Gasteiger partial charge in [-0.3, -0.25) is 0 Å². The number of nitrogen functional groups attached to an aromatic ring is 1. The summed E-state index contributed by atoms with van der Waals surface area (Å²) >= 11 is 5.90. The summed E-state index contributed by atoms with van der Waals surface area (Å²) in [5.41, 5.74) is 4.02. The van der Waals surface area contributed by atoms with Crippen molar-refractivity contribution in [1.29, 1.82) is 0 Å². The molecule has 26 heavy (non-hydrogen) atoms. The lowest BCUT2D eigenvalue weighted by Gasteiger charge is -2.17. The van der Waals surface area contributed by atoms with Gasteiger partial charge >= 0.3 is 0 Å². The third-order valence-corrected chi connectivity index (χ3v) is 4.86. The van der Waals surface area contributed by atoms with Crippen LogP contribution >= 0.6 is 11.6 Å². The van der Waals surface area contributed by atoms with E-state index in [2.05, 4.69) is 15.4 Å². The molecule has 1 aliphatic heterocycles. The molecule has 0 aliphatic carbocycles. The van der Waals surface area contributed by atoms with E-state index in [9.17, 15) is 10.2 Å². The molecule has 5 N–H and O–H groups in total. The Morgan fingerprint density at radius 1 is 1.15 bits per heavy atom. The number of nitrogens with one attached hydrogen (secondary N) is 1. The predicted octanol–water partition coefficient (Wildman–Crippen LogP) is 1.23. The van der Waals surface area contributed by atoms with Gasteiger partial charge in [-0.1, -0.05) is 23.7 Å². The number of halogens is 1. The molecule has 1 saturated heterocycles. The molecule has 0 radical (unpaired) electrons. The smallest absolute Gasteiger partial charge is 0.164 e. The molecule has 3 aromatic rings. The predicted molar refractivity (Wildman–Crippen MR) is 96.4 cm³/mol. The SMILES string of the molecule is NNc1ncnc2c1ccn2[C@@H]1O[C@H](Cc2ccc(Cl)cc2)[C@@H](O)[C@H]1O. The van der Waals surface area contributed by atoms with E-state index in [1.165, 1.54) is 6.33 Å². The van der Waals surface area contributed by atoms with Gasteiger partial charge in [0.2, 0.25) is 0 Å². The number of rotatable bonds is 4. The highest BCUT2D eigenvalue weighted by Gasteiger charge is 2.44. The largest absolute Gasteiger partial charge is 0.388 e. The van der Waals surface area contributed by atoms with Crippen LogP contribution in [0.4, 0.5) is 5.82 Å². The fourth-order valence-corrected chi connectivity index (χ4v) is 3.40. The Kier molecular flexibility index (Phi) is 4.51. The number of aromatic nitrogens is 3. The van der Waals surface area contributed by atoms with Crippen LogP contribution in [-0.4, -0.2) is 43.1 Å². The van der Waals surface area contributed by atoms with E-state index in [0.717, 1.165) is 5.56 Å². The third kappa shape index (κ3) is 2.91. The van der Waals surface area contributed by atoms with Gasteiger partial charge in [0.15, 0.2) is 12.0 Å². The van der Waals surface area contributed by atoms with Crippen molar-refractivity contribution in [2.75, 3.05) is 5.43 Å². The van der Waals surface area contributed by atoms with Gasteiger partial charge in [0.1, 0.15) is 24.2 Å².